The van der Waals surface area contributed by atoms with Crippen LogP contribution in [0, 0.1) is 0 Å². The molecule has 0 bridgehead atoms. The SMILES string of the molecule is O=C(NCc1ccccc1Cl)c1ccc(S(=O)(=O)C(F)(F)F)cc1. The van der Waals surface area contributed by atoms with Crippen LogP contribution in [0.2, 0.25) is 5.02 Å². The number of amides is 1. The maximum atomic E-state index is 12.4. The van der Waals surface area contributed by atoms with Crippen molar-refractivity contribution in [3.63, 3.8) is 0 Å². The van der Waals surface area contributed by atoms with Crippen molar-refractivity contribution < 1.29 is 26.4 Å². The average molecular weight is 378 g/mol. The average Bonchev–Trinajstić information content (AvgIpc) is 2.53. The highest BCUT2D eigenvalue weighted by atomic mass is 35.5. The van der Waals surface area contributed by atoms with Gasteiger partial charge in [0.05, 0.1) is 4.90 Å². The van der Waals surface area contributed by atoms with Crippen LogP contribution in [0.3, 0.4) is 0 Å². The molecule has 0 saturated heterocycles. The normalized spacial score (nSPS) is 12.0. The molecule has 0 aliphatic carbocycles. The second kappa shape index (κ2) is 6.82. The molecule has 0 aliphatic heterocycles. The fraction of sp³-hybridized carbons (Fsp3) is 0.133. The lowest BCUT2D eigenvalue weighted by Gasteiger charge is -2.09. The van der Waals surface area contributed by atoms with Crippen molar-refractivity contribution in [3.05, 3.63) is 64.7 Å². The molecule has 128 valence electrons. The summed E-state index contributed by atoms with van der Waals surface area (Å²) in [5.41, 5.74) is -4.69. The topological polar surface area (TPSA) is 63.2 Å². The molecule has 2 rings (SSSR count). The Hall–Kier alpha value is -2.06. The van der Waals surface area contributed by atoms with Gasteiger partial charge in [-0.3, -0.25) is 4.79 Å². The molecule has 9 heteroatoms. The van der Waals surface area contributed by atoms with Gasteiger partial charge in [-0.25, -0.2) is 8.42 Å². The summed E-state index contributed by atoms with van der Waals surface area (Å²) < 4.78 is 59.8. The van der Waals surface area contributed by atoms with Gasteiger partial charge < -0.3 is 5.32 Å². The van der Waals surface area contributed by atoms with Crippen molar-refractivity contribution in [1.82, 2.24) is 5.32 Å². The van der Waals surface area contributed by atoms with Gasteiger partial charge in [0.2, 0.25) is 0 Å². The van der Waals surface area contributed by atoms with Gasteiger partial charge in [0.1, 0.15) is 0 Å². The summed E-state index contributed by atoms with van der Waals surface area (Å²) in [5, 5.41) is 3.01. The van der Waals surface area contributed by atoms with Crippen LogP contribution in [0.15, 0.2) is 53.4 Å². The second-order valence-electron chi connectivity index (χ2n) is 4.75. The highest BCUT2D eigenvalue weighted by Gasteiger charge is 2.46. The summed E-state index contributed by atoms with van der Waals surface area (Å²) in [4.78, 5) is 11.0. The van der Waals surface area contributed by atoms with Crippen molar-refractivity contribution in [2.24, 2.45) is 0 Å². The molecule has 2 aromatic rings. The minimum absolute atomic E-state index is 0.0307. The fourth-order valence-corrected chi connectivity index (χ4v) is 2.80. The third-order valence-electron chi connectivity index (χ3n) is 3.13. The molecule has 0 heterocycles. The zero-order valence-corrected chi connectivity index (χ0v) is 13.5. The predicted molar refractivity (Wildman–Crippen MR) is 82.3 cm³/mol. The Balaban J connectivity index is 2.11. The largest absolute Gasteiger partial charge is 0.501 e. The van der Waals surface area contributed by atoms with Crippen molar-refractivity contribution in [2.45, 2.75) is 16.9 Å². The van der Waals surface area contributed by atoms with Crippen LogP contribution in [0.4, 0.5) is 13.2 Å². The minimum Gasteiger partial charge on any atom is -0.348 e. The van der Waals surface area contributed by atoms with Gasteiger partial charge in [0.15, 0.2) is 0 Å². The van der Waals surface area contributed by atoms with E-state index in [-0.39, 0.29) is 12.1 Å². The highest BCUT2D eigenvalue weighted by molar-refractivity contribution is 7.92. The van der Waals surface area contributed by atoms with E-state index in [9.17, 15) is 26.4 Å². The zero-order valence-electron chi connectivity index (χ0n) is 12.0. The first-order chi connectivity index (χ1) is 11.1. The summed E-state index contributed by atoms with van der Waals surface area (Å²) >= 11 is 5.94. The van der Waals surface area contributed by atoms with Crippen molar-refractivity contribution in [2.75, 3.05) is 0 Å². The van der Waals surface area contributed by atoms with Crippen LogP contribution in [0.5, 0.6) is 0 Å². The number of benzene rings is 2. The van der Waals surface area contributed by atoms with Gasteiger partial charge in [0.25, 0.3) is 15.7 Å². The first-order valence-corrected chi connectivity index (χ1v) is 8.42. The van der Waals surface area contributed by atoms with Gasteiger partial charge >= 0.3 is 5.51 Å². The lowest BCUT2D eigenvalue weighted by atomic mass is 10.2. The van der Waals surface area contributed by atoms with E-state index in [1.165, 1.54) is 0 Å². The molecule has 24 heavy (non-hydrogen) atoms. The predicted octanol–water partition coefficient (Wildman–Crippen LogP) is 3.56. The van der Waals surface area contributed by atoms with Crippen LogP contribution in [-0.4, -0.2) is 19.8 Å². The summed E-state index contributed by atoms with van der Waals surface area (Å²) in [6, 6.07) is 10.3. The Bertz CT molecular complexity index is 849. The van der Waals surface area contributed by atoms with Gasteiger partial charge in [-0.05, 0) is 35.9 Å². The number of hydrogen-bond acceptors (Lipinski definition) is 3. The third kappa shape index (κ3) is 3.88. The summed E-state index contributed by atoms with van der Waals surface area (Å²) in [6.45, 7) is 0.126. The monoisotopic (exact) mass is 377 g/mol. The van der Waals surface area contributed by atoms with Gasteiger partial charge in [-0.1, -0.05) is 29.8 Å². The Morgan fingerprint density at radius 1 is 1.04 bits per heavy atom. The highest BCUT2D eigenvalue weighted by Crippen LogP contribution is 2.30. The molecule has 0 spiro atoms. The third-order valence-corrected chi connectivity index (χ3v) is 5.00. The molecule has 0 unspecified atom stereocenters. The quantitative estimate of drug-likeness (QED) is 0.886. The standard InChI is InChI=1S/C15H11ClF3NO3S/c16-13-4-2-1-3-11(13)9-20-14(21)10-5-7-12(8-6-10)24(22,23)15(17,18)19/h1-8H,9H2,(H,20,21). The maximum absolute atomic E-state index is 12.4. The van der Waals surface area contributed by atoms with Gasteiger partial charge in [0, 0.05) is 17.1 Å². The van der Waals surface area contributed by atoms with Crippen LogP contribution >= 0.6 is 11.6 Å². The number of rotatable bonds is 4. The fourth-order valence-electron chi connectivity index (χ4n) is 1.84. The molecule has 0 aliphatic rings. The van der Waals surface area contributed by atoms with E-state index < -0.39 is 26.1 Å². The Labute approximate surface area is 141 Å². The van der Waals surface area contributed by atoms with Gasteiger partial charge in [-0.2, -0.15) is 13.2 Å². The summed E-state index contributed by atoms with van der Waals surface area (Å²) in [5.74, 6) is -0.564. The van der Waals surface area contributed by atoms with Crippen molar-refractivity contribution in [1.29, 1.82) is 0 Å². The molecule has 0 fully saturated rings. The van der Waals surface area contributed by atoms with Crippen molar-refractivity contribution >= 4 is 27.3 Å². The Morgan fingerprint density at radius 2 is 1.62 bits per heavy atom. The number of alkyl halides is 3. The molecule has 0 saturated carbocycles. The van der Waals surface area contributed by atoms with E-state index >= 15 is 0 Å². The molecule has 2 aromatic carbocycles. The van der Waals surface area contributed by atoms with Gasteiger partial charge in [-0.15, -0.1) is 0 Å². The smallest absolute Gasteiger partial charge is 0.348 e. The van der Waals surface area contributed by atoms with E-state index in [0.717, 1.165) is 24.3 Å². The van der Waals surface area contributed by atoms with Crippen LogP contribution < -0.4 is 5.32 Å². The Morgan fingerprint density at radius 3 is 2.17 bits per heavy atom. The first kappa shape index (κ1) is 18.3. The van der Waals surface area contributed by atoms with E-state index in [0.29, 0.717) is 10.6 Å². The number of nitrogens with one attached hydrogen (secondary N) is 1. The van der Waals surface area contributed by atoms with E-state index in [2.05, 4.69) is 5.32 Å². The molecular weight excluding hydrogens is 367 g/mol. The number of carbonyl (C=O) groups is 1. The lowest BCUT2D eigenvalue weighted by molar-refractivity contribution is -0.0436. The first-order valence-electron chi connectivity index (χ1n) is 6.56. The molecule has 0 atom stereocenters. The zero-order chi connectivity index (χ0) is 18.0. The molecule has 4 nitrogen and oxygen atoms in total. The second-order valence-corrected chi connectivity index (χ2v) is 7.10. The Kier molecular flexibility index (Phi) is 5.19. The molecular formula is C15H11ClF3NO3S. The van der Waals surface area contributed by atoms with E-state index in [4.69, 9.17) is 11.6 Å². The number of sulfone groups is 1. The van der Waals surface area contributed by atoms with Crippen LogP contribution in [-0.2, 0) is 16.4 Å². The molecule has 0 radical (unpaired) electrons. The lowest BCUT2D eigenvalue weighted by Crippen LogP contribution is -2.24. The molecule has 0 aromatic heterocycles. The molecule has 1 N–H and O–H groups in total. The maximum Gasteiger partial charge on any atom is 0.501 e. The number of carbonyl (C=O) groups excluding carboxylic acids is 1. The van der Waals surface area contributed by atoms with Crippen LogP contribution in [0.1, 0.15) is 15.9 Å². The number of hydrogen-bond donors (Lipinski definition) is 1. The minimum atomic E-state index is -5.43. The van der Waals surface area contributed by atoms with Crippen LogP contribution in [0.25, 0.3) is 0 Å². The van der Waals surface area contributed by atoms with E-state index in [1.54, 1.807) is 24.3 Å². The summed E-state index contributed by atoms with van der Waals surface area (Å²) in [7, 11) is -5.43. The number of halogens is 4. The van der Waals surface area contributed by atoms with E-state index in [1.807, 2.05) is 0 Å². The summed E-state index contributed by atoms with van der Waals surface area (Å²) in [6.07, 6.45) is 0. The molecule has 1 amide bonds. The van der Waals surface area contributed by atoms with Crippen molar-refractivity contribution in [3.8, 4) is 0 Å².